The lowest BCUT2D eigenvalue weighted by atomic mass is 10.2. The molecule has 3 nitrogen and oxygen atoms in total. The van der Waals surface area contributed by atoms with Crippen molar-refractivity contribution in [2.75, 3.05) is 13.2 Å². The average Bonchev–Trinajstić information content (AvgIpc) is 2.49. The molecule has 0 bridgehead atoms. The van der Waals surface area contributed by atoms with Crippen molar-refractivity contribution < 1.29 is 14.6 Å². The van der Waals surface area contributed by atoms with E-state index in [4.69, 9.17) is 9.47 Å². The summed E-state index contributed by atoms with van der Waals surface area (Å²) in [6.45, 7) is 1.02. The third kappa shape index (κ3) is 5.33. The van der Waals surface area contributed by atoms with Crippen LogP contribution in [0.1, 0.15) is 12.8 Å². The Kier molecular flexibility index (Phi) is 5.93. The first-order valence-electron chi connectivity index (χ1n) is 6.88. The van der Waals surface area contributed by atoms with Gasteiger partial charge in [-0.2, -0.15) is 0 Å². The summed E-state index contributed by atoms with van der Waals surface area (Å²) in [6.07, 6.45) is 0.808. The third-order valence-electron chi connectivity index (χ3n) is 2.93. The summed E-state index contributed by atoms with van der Waals surface area (Å²) in [6, 6.07) is 19.2. The van der Waals surface area contributed by atoms with Crippen molar-refractivity contribution in [3.05, 3.63) is 60.7 Å². The predicted molar refractivity (Wildman–Crippen MR) is 79.1 cm³/mol. The van der Waals surface area contributed by atoms with Crippen molar-refractivity contribution in [1.82, 2.24) is 0 Å². The standard InChI is InChI=1S/C17H20O3/c18-15(11-13-19-16-7-3-1-4-8-16)12-14-20-17-9-5-2-6-10-17/h1-10,15,18H,11-14H2. The Morgan fingerprint density at radius 3 is 1.50 bits per heavy atom. The molecular weight excluding hydrogens is 252 g/mol. The van der Waals surface area contributed by atoms with E-state index in [1.54, 1.807) is 0 Å². The van der Waals surface area contributed by atoms with Crippen LogP contribution in [0, 0.1) is 0 Å². The largest absolute Gasteiger partial charge is 0.493 e. The van der Waals surface area contributed by atoms with Crippen molar-refractivity contribution in [3.63, 3.8) is 0 Å². The maximum Gasteiger partial charge on any atom is 0.119 e. The summed E-state index contributed by atoms with van der Waals surface area (Å²) >= 11 is 0. The first-order chi connectivity index (χ1) is 9.84. The highest BCUT2D eigenvalue weighted by molar-refractivity contribution is 5.21. The maximum absolute atomic E-state index is 9.85. The molecular formula is C17H20O3. The second-order valence-corrected chi connectivity index (χ2v) is 4.55. The van der Waals surface area contributed by atoms with Gasteiger partial charge in [-0.15, -0.1) is 0 Å². The summed E-state index contributed by atoms with van der Waals surface area (Å²) in [4.78, 5) is 0. The highest BCUT2D eigenvalue weighted by Gasteiger charge is 2.05. The van der Waals surface area contributed by atoms with Gasteiger partial charge in [-0.1, -0.05) is 36.4 Å². The van der Waals surface area contributed by atoms with Crippen molar-refractivity contribution in [2.45, 2.75) is 18.9 Å². The molecule has 3 heteroatoms. The first-order valence-corrected chi connectivity index (χ1v) is 6.88. The fraction of sp³-hybridized carbons (Fsp3) is 0.294. The van der Waals surface area contributed by atoms with Gasteiger partial charge in [0.1, 0.15) is 11.5 Å². The lowest BCUT2D eigenvalue weighted by molar-refractivity contribution is 0.113. The van der Waals surface area contributed by atoms with Crippen LogP contribution in [0.25, 0.3) is 0 Å². The highest BCUT2D eigenvalue weighted by Crippen LogP contribution is 2.11. The molecule has 0 aromatic heterocycles. The van der Waals surface area contributed by atoms with Gasteiger partial charge in [0, 0.05) is 12.8 Å². The maximum atomic E-state index is 9.85. The molecule has 2 rings (SSSR count). The van der Waals surface area contributed by atoms with E-state index in [2.05, 4.69) is 0 Å². The zero-order chi connectivity index (χ0) is 14.0. The molecule has 106 valence electrons. The van der Waals surface area contributed by atoms with E-state index in [1.165, 1.54) is 0 Å². The molecule has 0 heterocycles. The Labute approximate surface area is 119 Å². The molecule has 0 spiro atoms. The molecule has 2 aromatic rings. The number of aliphatic hydroxyl groups is 1. The molecule has 0 radical (unpaired) electrons. The summed E-state index contributed by atoms with van der Waals surface area (Å²) in [5.74, 6) is 1.67. The molecule has 0 atom stereocenters. The van der Waals surface area contributed by atoms with E-state index < -0.39 is 6.10 Å². The van der Waals surface area contributed by atoms with Crippen LogP contribution in [0.2, 0.25) is 0 Å². The van der Waals surface area contributed by atoms with Crippen LogP contribution in [0.5, 0.6) is 11.5 Å². The van der Waals surface area contributed by atoms with Gasteiger partial charge in [0.2, 0.25) is 0 Å². The van der Waals surface area contributed by atoms with Crippen molar-refractivity contribution in [1.29, 1.82) is 0 Å². The smallest absolute Gasteiger partial charge is 0.119 e. The summed E-state index contributed by atoms with van der Waals surface area (Å²) in [7, 11) is 0. The molecule has 20 heavy (non-hydrogen) atoms. The molecule has 0 amide bonds. The zero-order valence-corrected chi connectivity index (χ0v) is 11.4. The quantitative estimate of drug-likeness (QED) is 0.801. The Bertz CT molecular complexity index is 425. The number of rotatable bonds is 8. The molecule has 0 fully saturated rings. The molecule has 0 unspecified atom stereocenters. The number of benzene rings is 2. The van der Waals surface area contributed by atoms with Crippen molar-refractivity contribution in [3.8, 4) is 11.5 Å². The van der Waals surface area contributed by atoms with E-state index in [0.29, 0.717) is 26.1 Å². The predicted octanol–water partition coefficient (Wildman–Crippen LogP) is 3.29. The summed E-state index contributed by atoms with van der Waals surface area (Å²) in [5, 5.41) is 9.85. The van der Waals surface area contributed by atoms with E-state index in [1.807, 2.05) is 60.7 Å². The zero-order valence-electron chi connectivity index (χ0n) is 11.4. The minimum atomic E-state index is -0.401. The van der Waals surface area contributed by atoms with Gasteiger partial charge in [0.15, 0.2) is 0 Å². The Morgan fingerprint density at radius 2 is 1.10 bits per heavy atom. The lowest BCUT2D eigenvalue weighted by Crippen LogP contribution is -2.15. The van der Waals surface area contributed by atoms with E-state index in [0.717, 1.165) is 11.5 Å². The van der Waals surface area contributed by atoms with E-state index >= 15 is 0 Å². The van der Waals surface area contributed by atoms with Gasteiger partial charge in [0.25, 0.3) is 0 Å². The minimum absolute atomic E-state index is 0.401. The van der Waals surface area contributed by atoms with Gasteiger partial charge >= 0.3 is 0 Å². The Morgan fingerprint density at radius 1 is 0.700 bits per heavy atom. The summed E-state index contributed by atoms with van der Waals surface area (Å²) < 4.78 is 11.1. The van der Waals surface area contributed by atoms with E-state index in [9.17, 15) is 5.11 Å². The van der Waals surface area contributed by atoms with Crippen LogP contribution in [-0.2, 0) is 0 Å². The van der Waals surface area contributed by atoms with Gasteiger partial charge in [-0.05, 0) is 24.3 Å². The monoisotopic (exact) mass is 272 g/mol. The number of aliphatic hydroxyl groups excluding tert-OH is 1. The molecule has 0 saturated heterocycles. The number of hydrogen-bond acceptors (Lipinski definition) is 3. The van der Waals surface area contributed by atoms with Crippen LogP contribution in [0.15, 0.2) is 60.7 Å². The fourth-order valence-corrected chi connectivity index (χ4v) is 1.80. The normalized spacial score (nSPS) is 10.5. The number of hydrogen-bond donors (Lipinski definition) is 1. The molecule has 0 saturated carbocycles. The average molecular weight is 272 g/mol. The molecule has 0 aliphatic carbocycles. The number of para-hydroxylation sites is 2. The third-order valence-corrected chi connectivity index (χ3v) is 2.93. The van der Waals surface area contributed by atoms with Crippen LogP contribution >= 0.6 is 0 Å². The number of ether oxygens (including phenoxy) is 2. The highest BCUT2D eigenvalue weighted by atomic mass is 16.5. The second kappa shape index (κ2) is 8.23. The lowest BCUT2D eigenvalue weighted by Gasteiger charge is -2.12. The Balaban J connectivity index is 1.58. The van der Waals surface area contributed by atoms with Crippen LogP contribution in [0.4, 0.5) is 0 Å². The van der Waals surface area contributed by atoms with Crippen molar-refractivity contribution in [2.24, 2.45) is 0 Å². The van der Waals surface area contributed by atoms with Crippen LogP contribution in [0.3, 0.4) is 0 Å². The van der Waals surface area contributed by atoms with Gasteiger partial charge in [0.05, 0.1) is 19.3 Å². The van der Waals surface area contributed by atoms with E-state index in [-0.39, 0.29) is 0 Å². The van der Waals surface area contributed by atoms with Gasteiger partial charge in [-0.25, -0.2) is 0 Å². The topological polar surface area (TPSA) is 38.7 Å². The molecule has 0 aliphatic heterocycles. The molecule has 1 N–H and O–H groups in total. The molecule has 2 aromatic carbocycles. The van der Waals surface area contributed by atoms with Gasteiger partial charge in [-0.3, -0.25) is 0 Å². The molecule has 0 aliphatic rings. The SMILES string of the molecule is OC(CCOc1ccccc1)CCOc1ccccc1. The summed E-state index contributed by atoms with van der Waals surface area (Å²) in [5.41, 5.74) is 0. The fourth-order valence-electron chi connectivity index (χ4n) is 1.80. The first kappa shape index (κ1) is 14.4. The van der Waals surface area contributed by atoms with Crippen LogP contribution in [-0.4, -0.2) is 24.4 Å². The van der Waals surface area contributed by atoms with Gasteiger partial charge < -0.3 is 14.6 Å². The Hall–Kier alpha value is -2.00. The van der Waals surface area contributed by atoms with Crippen LogP contribution < -0.4 is 9.47 Å². The van der Waals surface area contributed by atoms with Crippen molar-refractivity contribution >= 4 is 0 Å². The minimum Gasteiger partial charge on any atom is -0.493 e. The second-order valence-electron chi connectivity index (χ2n) is 4.55.